The third-order valence-corrected chi connectivity index (χ3v) is 3.74. The first-order valence-corrected chi connectivity index (χ1v) is 7.02. The second-order valence-electron chi connectivity index (χ2n) is 4.33. The number of carbonyl (C=O) groups is 2. The highest BCUT2D eigenvalue weighted by atomic mass is 32.2. The van der Waals surface area contributed by atoms with Crippen molar-refractivity contribution in [2.24, 2.45) is 0 Å². The van der Waals surface area contributed by atoms with E-state index in [0.29, 0.717) is 5.16 Å². The second-order valence-corrected chi connectivity index (χ2v) is 5.27. The summed E-state index contributed by atoms with van der Waals surface area (Å²) < 4.78 is 1.74. The van der Waals surface area contributed by atoms with Crippen LogP contribution in [-0.2, 0) is 16.1 Å². The molecule has 2 aromatic rings. The molecule has 0 atom stereocenters. The summed E-state index contributed by atoms with van der Waals surface area (Å²) in [4.78, 5) is 26.7. The number of thioether (sulfide) groups is 1. The Morgan fingerprint density at radius 2 is 2.20 bits per heavy atom. The van der Waals surface area contributed by atoms with Crippen molar-refractivity contribution in [1.82, 2.24) is 14.9 Å². The molecule has 106 valence electrons. The average Bonchev–Trinajstić information content (AvgIpc) is 2.74. The summed E-state index contributed by atoms with van der Waals surface area (Å²) in [6.45, 7) is 2.08. The first kappa shape index (κ1) is 14.4. The molecule has 20 heavy (non-hydrogen) atoms. The number of amides is 1. The molecule has 1 heterocycles. The number of hydrogen-bond donors (Lipinski definition) is 2. The minimum atomic E-state index is -0.912. The van der Waals surface area contributed by atoms with Gasteiger partial charge in [-0.05, 0) is 24.6 Å². The van der Waals surface area contributed by atoms with Crippen LogP contribution in [0.1, 0.15) is 5.56 Å². The Balaban J connectivity index is 2.45. The van der Waals surface area contributed by atoms with Gasteiger partial charge in [0.25, 0.3) is 0 Å². The van der Waals surface area contributed by atoms with Crippen LogP contribution in [0.3, 0.4) is 0 Å². The Morgan fingerprint density at radius 3 is 2.85 bits per heavy atom. The number of aliphatic carboxylic acids is 1. The molecule has 0 aliphatic rings. The fourth-order valence-corrected chi connectivity index (χ4v) is 2.56. The smallest absolute Gasteiger partial charge is 0.313 e. The Bertz CT molecular complexity index is 666. The number of aryl methyl sites for hydroxylation is 1. The first-order valence-electron chi connectivity index (χ1n) is 6.03. The molecule has 7 heteroatoms. The minimum Gasteiger partial charge on any atom is -0.481 e. The molecule has 2 rings (SSSR count). The van der Waals surface area contributed by atoms with Crippen molar-refractivity contribution in [3.8, 4) is 0 Å². The van der Waals surface area contributed by atoms with Crippen molar-refractivity contribution in [1.29, 1.82) is 0 Å². The number of carboxylic acid groups (broad SMARTS) is 1. The fraction of sp³-hybridized carbons (Fsp3) is 0.308. The van der Waals surface area contributed by atoms with E-state index in [1.54, 1.807) is 11.6 Å². The standard InChI is InChI=1S/C13H15N3O3S/c1-8-3-4-9-10(5-8)16(6-11(17)14-2)13(15-9)20-7-12(18)19/h3-5H,6-7H2,1-2H3,(H,14,17)(H,18,19). The van der Waals surface area contributed by atoms with Crippen LogP contribution in [0.25, 0.3) is 11.0 Å². The highest BCUT2D eigenvalue weighted by Gasteiger charge is 2.14. The third-order valence-electron chi connectivity index (χ3n) is 2.77. The zero-order valence-corrected chi connectivity index (χ0v) is 12.0. The van der Waals surface area contributed by atoms with E-state index in [1.807, 2.05) is 25.1 Å². The molecule has 1 aromatic carbocycles. The molecule has 0 fully saturated rings. The summed E-state index contributed by atoms with van der Waals surface area (Å²) in [6.07, 6.45) is 0. The number of likely N-dealkylation sites (N-methyl/N-ethyl adjacent to an activating group) is 1. The number of fused-ring (bicyclic) bond motifs is 1. The molecule has 1 amide bonds. The second kappa shape index (κ2) is 5.96. The summed E-state index contributed by atoms with van der Waals surface area (Å²) in [7, 11) is 1.57. The lowest BCUT2D eigenvalue weighted by atomic mass is 10.2. The van der Waals surface area contributed by atoms with Crippen LogP contribution in [0.15, 0.2) is 23.4 Å². The van der Waals surface area contributed by atoms with Gasteiger partial charge in [0.1, 0.15) is 6.54 Å². The van der Waals surface area contributed by atoms with Gasteiger partial charge in [-0.3, -0.25) is 9.59 Å². The number of hydrogen-bond acceptors (Lipinski definition) is 4. The number of benzene rings is 1. The maximum atomic E-state index is 11.6. The first-order chi connectivity index (χ1) is 9.51. The molecular formula is C13H15N3O3S. The molecule has 0 aliphatic carbocycles. The molecule has 2 N–H and O–H groups in total. The Morgan fingerprint density at radius 1 is 1.45 bits per heavy atom. The van der Waals surface area contributed by atoms with Crippen LogP contribution in [-0.4, -0.2) is 39.3 Å². The number of rotatable bonds is 5. The van der Waals surface area contributed by atoms with Gasteiger partial charge in [-0.15, -0.1) is 0 Å². The van der Waals surface area contributed by atoms with Gasteiger partial charge in [-0.25, -0.2) is 4.98 Å². The number of carboxylic acids is 1. The van der Waals surface area contributed by atoms with Crippen molar-refractivity contribution in [2.75, 3.05) is 12.8 Å². The lowest BCUT2D eigenvalue weighted by Gasteiger charge is -2.07. The van der Waals surface area contributed by atoms with E-state index in [4.69, 9.17) is 5.11 Å². The Labute approximate surface area is 120 Å². The van der Waals surface area contributed by atoms with Gasteiger partial charge in [0, 0.05) is 7.05 Å². The van der Waals surface area contributed by atoms with Crippen LogP contribution in [0.4, 0.5) is 0 Å². The monoisotopic (exact) mass is 293 g/mol. The quantitative estimate of drug-likeness (QED) is 0.811. The van der Waals surface area contributed by atoms with E-state index in [1.165, 1.54) is 0 Å². The van der Waals surface area contributed by atoms with Gasteiger partial charge in [0.05, 0.1) is 16.8 Å². The predicted octanol–water partition coefficient (Wildman–Crippen LogP) is 1.27. The van der Waals surface area contributed by atoms with Crippen LogP contribution in [0.2, 0.25) is 0 Å². The van der Waals surface area contributed by atoms with Crippen LogP contribution in [0.5, 0.6) is 0 Å². The molecule has 0 unspecified atom stereocenters. The molecule has 0 saturated heterocycles. The zero-order valence-electron chi connectivity index (χ0n) is 11.2. The number of nitrogens with zero attached hydrogens (tertiary/aromatic N) is 2. The molecule has 0 saturated carbocycles. The fourth-order valence-electron chi connectivity index (χ4n) is 1.82. The largest absolute Gasteiger partial charge is 0.481 e. The van der Waals surface area contributed by atoms with Crippen molar-refractivity contribution >= 4 is 34.7 Å². The zero-order chi connectivity index (χ0) is 14.7. The topological polar surface area (TPSA) is 84.2 Å². The summed E-state index contributed by atoms with van der Waals surface area (Å²) in [5.41, 5.74) is 2.65. The predicted molar refractivity (Wildman–Crippen MR) is 76.9 cm³/mol. The summed E-state index contributed by atoms with van der Waals surface area (Å²) >= 11 is 1.11. The number of nitrogens with one attached hydrogen (secondary N) is 1. The van der Waals surface area contributed by atoms with E-state index < -0.39 is 5.97 Å². The van der Waals surface area contributed by atoms with Gasteiger partial charge < -0.3 is 15.0 Å². The molecule has 6 nitrogen and oxygen atoms in total. The maximum Gasteiger partial charge on any atom is 0.313 e. The average molecular weight is 293 g/mol. The van der Waals surface area contributed by atoms with Crippen molar-refractivity contribution in [2.45, 2.75) is 18.6 Å². The van der Waals surface area contributed by atoms with Crippen LogP contribution in [0, 0.1) is 6.92 Å². The maximum absolute atomic E-state index is 11.6. The number of imidazole rings is 1. The third kappa shape index (κ3) is 3.11. The van der Waals surface area contributed by atoms with Gasteiger partial charge in [-0.1, -0.05) is 17.8 Å². The molecule has 0 aliphatic heterocycles. The van der Waals surface area contributed by atoms with Gasteiger partial charge >= 0.3 is 5.97 Å². The van der Waals surface area contributed by atoms with Crippen LogP contribution < -0.4 is 5.32 Å². The van der Waals surface area contributed by atoms with E-state index in [0.717, 1.165) is 28.4 Å². The molecular weight excluding hydrogens is 278 g/mol. The molecule has 0 bridgehead atoms. The number of carbonyl (C=O) groups excluding carboxylic acids is 1. The summed E-state index contributed by atoms with van der Waals surface area (Å²) in [5.74, 6) is -1.15. The van der Waals surface area contributed by atoms with Crippen molar-refractivity contribution in [3.05, 3.63) is 23.8 Å². The van der Waals surface area contributed by atoms with E-state index >= 15 is 0 Å². The highest BCUT2D eigenvalue weighted by Crippen LogP contribution is 2.24. The summed E-state index contributed by atoms with van der Waals surface area (Å²) in [5, 5.41) is 11.9. The van der Waals surface area contributed by atoms with Crippen LogP contribution >= 0.6 is 11.8 Å². The molecule has 0 spiro atoms. The van der Waals surface area contributed by atoms with Crippen molar-refractivity contribution in [3.63, 3.8) is 0 Å². The van der Waals surface area contributed by atoms with Gasteiger partial charge in [0.2, 0.25) is 5.91 Å². The lowest BCUT2D eigenvalue weighted by Crippen LogP contribution is -2.23. The van der Waals surface area contributed by atoms with E-state index in [-0.39, 0.29) is 18.2 Å². The lowest BCUT2D eigenvalue weighted by molar-refractivity contribution is -0.133. The Hall–Kier alpha value is -2.02. The molecule has 0 radical (unpaired) electrons. The van der Waals surface area contributed by atoms with E-state index in [9.17, 15) is 9.59 Å². The normalized spacial score (nSPS) is 10.7. The minimum absolute atomic E-state index is 0.0873. The SMILES string of the molecule is CNC(=O)Cn1c(SCC(=O)O)nc2ccc(C)cc21. The Kier molecular flexibility index (Phi) is 4.29. The number of aromatic nitrogens is 2. The summed E-state index contributed by atoms with van der Waals surface area (Å²) in [6, 6.07) is 5.75. The van der Waals surface area contributed by atoms with E-state index in [2.05, 4.69) is 10.3 Å². The van der Waals surface area contributed by atoms with Gasteiger partial charge in [-0.2, -0.15) is 0 Å². The highest BCUT2D eigenvalue weighted by molar-refractivity contribution is 7.99. The molecule has 1 aromatic heterocycles. The van der Waals surface area contributed by atoms with Crippen molar-refractivity contribution < 1.29 is 14.7 Å². The van der Waals surface area contributed by atoms with Gasteiger partial charge in [0.15, 0.2) is 5.16 Å².